The van der Waals surface area contributed by atoms with Crippen LogP contribution >= 0.6 is 11.6 Å². The van der Waals surface area contributed by atoms with Crippen molar-refractivity contribution in [2.24, 2.45) is 7.05 Å². The van der Waals surface area contributed by atoms with Crippen molar-refractivity contribution in [2.45, 2.75) is 6.92 Å². The largest absolute Gasteiger partial charge is 0.353 e. The Morgan fingerprint density at radius 1 is 1.07 bits per heavy atom. The number of hydrogen-bond donors (Lipinski definition) is 1. The number of aromatic nitrogens is 4. The molecular weight excluding hydrogens is 372 g/mol. The maximum absolute atomic E-state index is 14.0. The van der Waals surface area contributed by atoms with Crippen molar-refractivity contribution in [3.05, 3.63) is 65.2 Å². The van der Waals surface area contributed by atoms with Gasteiger partial charge in [-0.1, -0.05) is 11.6 Å². The van der Waals surface area contributed by atoms with Gasteiger partial charge in [0.15, 0.2) is 11.6 Å². The Morgan fingerprint density at radius 2 is 1.89 bits per heavy atom. The van der Waals surface area contributed by atoms with Crippen molar-refractivity contribution in [3.63, 3.8) is 0 Å². The van der Waals surface area contributed by atoms with Crippen LogP contribution in [0.3, 0.4) is 0 Å². The smallest absolute Gasteiger partial charge is 0.184 e. The van der Waals surface area contributed by atoms with Gasteiger partial charge < -0.3 is 5.32 Å². The highest BCUT2D eigenvalue weighted by molar-refractivity contribution is 6.32. The van der Waals surface area contributed by atoms with E-state index in [1.807, 2.05) is 13.1 Å². The summed E-state index contributed by atoms with van der Waals surface area (Å²) in [6.07, 6.45) is 3.26. The lowest BCUT2D eigenvalue weighted by Crippen LogP contribution is -2.02. The summed E-state index contributed by atoms with van der Waals surface area (Å²) in [6, 6.07) is 7.91. The monoisotopic (exact) mass is 385 g/mol. The number of fused-ring (bicyclic) bond motifs is 1. The van der Waals surface area contributed by atoms with Gasteiger partial charge in [-0.25, -0.2) is 18.7 Å². The van der Waals surface area contributed by atoms with Crippen LogP contribution in [-0.4, -0.2) is 19.7 Å². The first-order valence-electron chi connectivity index (χ1n) is 8.11. The molecule has 0 amide bonds. The number of nitrogens with zero attached hydrogens (tertiary/aromatic N) is 4. The van der Waals surface area contributed by atoms with E-state index in [1.165, 1.54) is 6.07 Å². The van der Waals surface area contributed by atoms with Crippen molar-refractivity contribution in [3.8, 4) is 11.3 Å². The zero-order chi connectivity index (χ0) is 19.1. The Kier molecular flexibility index (Phi) is 4.24. The molecule has 0 saturated carbocycles. The molecule has 0 aliphatic rings. The van der Waals surface area contributed by atoms with Gasteiger partial charge in [0.1, 0.15) is 10.7 Å². The second-order valence-corrected chi connectivity index (χ2v) is 6.40. The van der Waals surface area contributed by atoms with Crippen LogP contribution in [0.5, 0.6) is 0 Å². The van der Waals surface area contributed by atoms with Gasteiger partial charge in [-0.2, -0.15) is 5.10 Å². The van der Waals surface area contributed by atoms with Gasteiger partial charge in [0.25, 0.3) is 0 Å². The Morgan fingerprint density at radius 3 is 2.63 bits per heavy atom. The first kappa shape index (κ1) is 17.4. The van der Waals surface area contributed by atoms with E-state index in [0.717, 1.165) is 11.8 Å². The predicted octanol–water partition coefficient (Wildman–Crippen LogP) is 5.01. The van der Waals surface area contributed by atoms with E-state index in [4.69, 9.17) is 11.6 Å². The predicted molar refractivity (Wildman–Crippen MR) is 101 cm³/mol. The molecule has 0 spiro atoms. The maximum Gasteiger partial charge on any atom is 0.184 e. The van der Waals surface area contributed by atoms with Crippen molar-refractivity contribution in [1.29, 1.82) is 0 Å². The summed E-state index contributed by atoms with van der Waals surface area (Å²) in [5.74, 6) is -1.88. The lowest BCUT2D eigenvalue weighted by atomic mass is 10.1. The molecule has 4 rings (SSSR count). The molecule has 0 bridgehead atoms. The van der Waals surface area contributed by atoms with Crippen LogP contribution in [0.4, 0.5) is 20.2 Å². The lowest BCUT2D eigenvalue weighted by molar-refractivity contribution is 0.515. The lowest BCUT2D eigenvalue weighted by Gasteiger charge is -2.15. The third-order valence-corrected chi connectivity index (χ3v) is 4.61. The Labute approximate surface area is 158 Å². The summed E-state index contributed by atoms with van der Waals surface area (Å²) in [6.45, 7) is 1.72. The minimum atomic E-state index is -0.954. The summed E-state index contributed by atoms with van der Waals surface area (Å²) < 4.78 is 29.1. The number of hydrogen-bond acceptors (Lipinski definition) is 4. The molecule has 8 heteroatoms. The molecule has 0 aliphatic heterocycles. The second-order valence-electron chi connectivity index (χ2n) is 6.04. The molecule has 0 radical (unpaired) electrons. The van der Waals surface area contributed by atoms with Crippen LogP contribution < -0.4 is 5.32 Å². The highest BCUT2D eigenvalue weighted by Gasteiger charge is 2.16. The Hall–Kier alpha value is -3.06. The molecule has 27 heavy (non-hydrogen) atoms. The average Bonchev–Trinajstić information content (AvgIpc) is 3.05. The zero-order valence-corrected chi connectivity index (χ0v) is 15.2. The number of aryl methyl sites for hydroxylation is 2. The van der Waals surface area contributed by atoms with E-state index in [9.17, 15) is 8.78 Å². The van der Waals surface area contributed by atoms with Gasteiger partial charge in [0, 0.05) is 24.8 Å². The summed E-state index contributed by atoms with van der Waals surface area (Å²) in [7, 11) is 1.81. The summed E-state index contributed by atoms with van der Waals surface area (Å²) in [5.41, 5.74) is 3.34. The molecule has 5 nitrogen and oxygen atoms in total. The van der Waals surface area contributed by atoms with Crippen molar-refractivity contribution in [2.75, 3.05) is 5.32 Å². The fourth-order valence-electron chi connectivity index (χ4n) is 2.95. The van der Waals surface area contributed by atoms with E-state index in [0.29, 0.717) is 33.2 Å². The topological polar surface area (TPSA) is 55.6 Å². The first-order valence-corrected chi connectivity index (χ1v) is 8.49. The number of rotatable bonds is 3. The molecular formula is C19H14ClF2N5. The first-order chi connectivity index (χ1) is 13.0. The van der Waals surface area contributed by atoms with Crippen LogP contribution in [-0.2, 0) is 7.05 Å². The second kappa shape index (κ2) is 6.59. The molecule has 1 aromatic carbocycles. The average molecular weight is 386 g/mol. The summed E-state index contributed by atoms with van der Waals surface area (Å²) in [4.78, 5) is 8.37. The molecule has 0 fully saturated rings. The number of benzene rings is 1. The standard InChI is InChI=1S/C19H14ClF2N5/c1-10-14(9-11-3-4-12(21)17(22)18(11)25-10)26-13-5-7-23-19(20)16(13)15-6-8-24-27(15)2/h3-9H,1-2H3,(H,23,26). The van der Waals surface area contributed by atoms with Crippen LogP contribution in [0.2, 0.25) is 5.15 Å². The third kappa shape index (κ3) is 3.00. The quantitative estimate of drug-likeness (QED) is 0.503. The van der Waals surface area contributed by atoms with Gasteiger partial charge >= 0.3 is 0 Å². The molecule has 136 valence electrons. The maximum atomic E-state index is 14.0. The van der Waals surface area contributed by atoms with Gasteiger partial charge in [-0.05, 0) is 37.3 Å². The normalized spacial score (nSPS) is 11.1. The van der Waals surface area contributed by atoms with Gasteiger partial charge in [0.2, 0.25) is 0 Å². The van der Waals surface area contributed by atoms with E-state index >= 15 is 0 Å². The minimum absolute atomic E-state index is 0.00216. The van der Waals surface area contributed by atoms with Crippen molar-refractivity contribution in [1.82, 2.24) is 19.7 Å². The summed E-state index contributed by atoms with van der Waals surface area (Å²) >= 11 is 6.33. The SMILES string of the molecule is Cc1nc2c(F)c(F)ccc2cc1Nc1ccnc(Cl)c1-c1ccnn1C. The molecule has 0 saturated heterocycles. The van der Waals surface area contributed by atoms with Gasteiger partial charge in [-0.3, -0.25) is 4.68 Å². The van der Waals surface area contributed by atoms with Crippen molar-refractivity contribution < 1.29 is 8.78 Å². The number of nitrogens with one attached hydrogen (secondary N) is 1. The van der Waals surface area contributed by atoms with E-state index in [-0.39, 0.29) is 5.52 Å². The minimum Gasteiger partial charge on any atom is -0.353 e. The van der Waals surface area contributed by atoms with Crippen molar-refractivity contribution >= 4 is 33.9 Å². The molecule has 0 unspecified atom stereocenters. The zero-order valence-electron chi connectivity index (χ0n) is 14.5. The number of halogens is 3. The van der Waals surface area contributed by atoms with E-state index in [2.05, 4.69) is 20.4 Å². The van der Waals surface area contributed by atoms with Crippen LogP contribution in [0.1, 0.15) is 5.69 Å². The van der Waals surface area contributed by atoms with E-state index < -0.39 is 11.6 Å². The third-order valence-electron chi connectivity index (χ3n) is 4.32. The summed E-state index contributed by atoms with van der Waals surface area (Å²) in [5, 5.41) is 8.26. The Balaban J connectivity index is 1.84. The fourth-order valence-corrected chi connectivity index (χ4v) is 3.20. The van der Waals surface area contributed by atoms with Crippen LogP contribution in [0.15, 0.2) is 42.7 Å². The van der Waals surface area contributed by atoms with Crippen LogP contribution in [0, 0.1) is 18.6 Å². The van der Waals surface area contributed by atoms with E-state index in [1.54, 1.807) is 36.1 Å². The van der Waals surface area contributed by atoms with Gasteiger partial charge in [0.05, 0.1) is 28.3 Å². The molecule has 0 atom stereocenters. The van der Waals surface area contributed by atoms with Gasteiger partial charge in [-0.15, -0.1) is 0 Å². The highest BCUT2D eigenvalue weighted by Crippen LogP contribution is 2.35. The molecule has 1 N–H and O–H groups in total. The molecule has 3 aromatic heterocycles. The highest BCUT2D eigenvalue weighted by atomic mass is 35.5. The number of pyridine rings is 2. The molecule has 4 aromatic rings. The number of anilines is 2. The fraction of sp³-hybridized carbons (Fsp3) is 0.105. The molecule has 3 heterocycles. The Bertz CT molecular complexity index is 1170. The molecule has 0 aliphatic carbocycles. The van der Waals surface area contributed by atoms with Crippen LogP contribution in [0.25, 0.3) is 22.2 Å².